The van der Waals surface area contributed by atoms with Crippen LogP contribution in [0.25, 0.3) is 10.9 Å². The Kier molecular flexibility index (Phi) is 6.09. The number of rotatable bonds is 7. The average Bonchev–Trinajstić information content (AvgIpc) is 2.60. The number of hydrogen-bond donors (Lipinski definition) is 2. The molecule has 2 N–H and O–H groups in total. The van der Waals surface area contributed by atoms with Crippen molar-refractivity contribution in [2.24, 2.45) is 0 Å². The second-order valence-corrected chi connectivity index (χ2v) is 6.92. The molecule has 0 amide bonds. The lowest BCUT2D eigenvalue weighted by Crippen LogP contribution is -2.24. The maximum absolute atomic E-state index is 9.47. The first-order valence-electron chi connectivity index (χ1n) is 8.68. The van der Waals surface area contributed by atoms with Gasteiger partial charge < -0.3 is 15.2 Å². The van der Waals surface area contributed by atoms with Gasteiger partial charge in [0, 0.05) is 34.6 Å². The van der Waals surface area contributed by atoms with E-state index >= 15 is 0 Å². The fourth-order valence-electron chi connectivity index (χ4n) is 2.75. The quantitative estimate of drug-likeness (QED) is 0.653. The molecule has 2 aromatic carbocycles. The van der Waals surface area contributed by atoms with E-state index in [9.17, 15) is 5.11 Å². The Labute approximate surface area is 158 Å². The molecule has 5 heteroatoms. The summed E-state index contributed by atoms with van der Waals surface area (Å²) in [6.07, 6.45) is -0.404. The second kappa shape index (κ2) is 8.49. The van der Waals surface area contributed by atoms with Gasteiger partial charge in [0.05, 0.1) is 11.6 Å². The van der Waals surface area contributed by atoms with Crippen LogP contribution < -0.4 is 10.1 Å². The van der Waals surface area contributed by atoms with E-state index in [4.69, 9.17) is 21.3 Å². The number of aryl methyl sites for hydroxylation is 1. The van der Waals surface area contributed by atoms with Crippen molar-refractivity contribution in [2.45, 2.75) is 33.1 Å². The summed E-state index contributed by atoms with van der Waals surface area (Å²) in [4.78, 5) is 4.69. The monoisotopic (exact) mass is 370 g/mol. The summed E-state index contributed by atoms with van der Waals surface area (Å²) in [6, 6.07) is 15.9. The first kappa shape index (κ1) is 18.6. The summed E-state index contributed by atoms with van der Waals surface area (Å²) in [5.41, 5.74) is 3.95. The maximum Gasteiger partial charge on any atom is 0.218 e. The summed E-state index contributed by atoms with van der Waals surface area (Å²) < 4.78 is 6.00. The van der Waals surface area contributed by atoms with Crippen LogP contribution in [0, 0.1) is 6.92 Å². The molecule has 0 radical (unpaired) electrons. The smallest absolute Gasteiger partial charge is 0.218 e. The number of nitrogens with one attached hydrogen (secondary N) is 1. The van der Waals surface area contributed by atoms with Crippen LogP contribution in [0.4, 0.5) is 0 Å². The number of halogens is 1. The van der Waals surface area contributed by atoms with Crippen LogP contribution in [0.15, 0.2) is 48.5 Å². The Hall–Kier alpha value is -2.14. The van der Waals surface area contributed by atoms with E-state index in [0.29, 0.717) is 30.6 Å². The molecule has 1 aromatic heterocycles. The number of aliphatic hydroxyl groups is 1. The number of benzene rings is 2. The summed E-state index contributed by atoms with van der Waals surface area (Å²) in [6.45, 7) is 5.25. The average molecular weight is 371 g/mol. The predicted molar refractivity (Wildman–Crippen MR) is 106 cm³/mol. The van der Waals surface area contributed by atoms with Gasteiger partial charge in [-0.15, -0.1) is 0 Å². The van der Waals surface area contributed by atoms with Crippen molar-refractivity contribution in [2.75, 3.05) is 6.54 Å². The lowest BCUT2D eigenvalue weighted by Gasteiger charge is -2.14. The molecule has 0 aliphatic rings. The largest absolute Gasteiger partial charge is 0.472 e. The molecule has 3 aromatic rings. The molecular formula is C21H23ClN2O2. The Morgan fingerprint density at radius 2 is 1.96 bits per heavy atom. The van der Waals surface area contributed by atoms with Crippen molar-refractivity contribution >= 4 is 22.5 Å². The number of hydrogen-bond acceptors (Lipinski definition) is 4. The maximum atomic E-state index is 9.47. The van der Waals surface area contributed by atoms with E-state index in [0.717, 1.165) is 22.0 Å². The van der Waals surface area contributed by atoms with Crippen molar-refractivity contribution in [3.8, 4) is 5.88 Å². The highest BCUT2D eigenvalue weighted by Gasteiger charge is 2.10. The van der Waals surface area contributed by atoms with Gasteiger partial charge in [-0.05, 0) is 38.1 Å². The molecule has 26 heavy (non-hydrogen) atoms. The van der Waals surface area contributed by atoms with Crippen LogP contribution in [0.2, 0.25) is 5.02 Å². The number of pyridine rings is 1. The zero-order valence-corrected chi connectivity index (χ0v) is 15.8. The molecule has 0 unspecified atom stereocenters. The van der Waals surface area contributed by atoms with Crippen LogP contribution >= 0.6 is 11.6 Å². The van der Waals surface area contributed by atoms with E-state index in [-0.39, 0.29) is 0 Å². The first-order valence-corrected chi connectivity index (χ1v) is 9.06. The lowest BCUT2D eigenvalue weighted by molar-refractivity contribution is 0.190. The standard InChI is InChI=1S/C21H23ClN2O2/c1-14-7-8-20-17(9-14)10-18(12-23-11-15(2)25)21(24-20)26-13-16-5-3-4-6-19(16)22/h3-10,15,23,25H,11-13H2,1-2H3/t15-/m0/s1. The van der Waals surface area contributed by atoms with Gasteiger partial charge in [-0.2, -0.15) is 0 Å². The third-order valence-corrected chi connectivity index (χ3v) is 4.46. The molecule has 1 atom stereocenters. The molecule has 4 nitrogen and oxygen atoms in total. The number of aliphatic hydroxyl groups excluding tert-OH is 1. The van der Waals surface area contributed by atoms with Crippen molar-refractivity contribution < 1.29 is 9.84 Å². The molecule has 0 spiro atoms. The molecule has 1 heterocycles. The molecule has 0 fully saturated rings. The number of aromatic nitrogens is 1. The third-order valence-electron chi connectivity index (χ3n) is 4.09. The SMILES string of the molecule is Cc1ccc2nc(OCc3ccccc3Cl)c(CNC[C@H](C)O)cc2c1. The number of ether oxygens (including phenoxy) is 1. The van der Waals surface area contributed by atoms with E-state index in [1.165, 1.54) is 5.56 Å². The fourth-order valence-corrected chi connectivity index (χ4v) is 2.94. The minimum atomic E-state index is -0.404. The fraction of sp³-hybridized carbons (Fsp3) is 0.286. The molecule has 136 valence electrons. The van der Waals surface area contributed by atoms with E-state index in [2.05, 4.69) is 24.4 Å². The van der Waals surface area contributed by atoms with Crippen molar-refractivity contribution in [1.82, 2.24) is 10.3 Å². The Bertz CT molecular complexity index is 896. The van der Waals surface area contributed by atoms with Gasteiger partial charge in [-0.3, -0.25) is 0 Å². The third kappa shape index (κ3) is 4.73. The van der Waals surface area contributed by atoms with E-state index in [1.807, 2.05) is 36.4 Å². The van der Waals surface area contributed by atoms with Gasteiger partial charge in [0.1, 0.15) is 6.61 Å². The van der Waals surface area contributed by atoms with Crippen LogP contribution in [-0.2, 0) is 13.2 Å². The van der Waals surface area contributed by atoms with Crippen molar-refractivity contribution in [3.05, 3.63) is 70.2 Å². The number of nitrogens with zero attached hydrogens (tertiary/aromatic N) is 1. The minimum Gasteiger partial charge on any atom is -0.472 e. The van der Waals surface area contributed by atoms with Crippen LogP contribution in [0.1, 0.15) is 23.6 Å². The van der Waals surface area contributed by atoms with Crippen LogP contribution in [0.3, 0.4) is 0 Å². The normalized spacial score (nSPS) is 12.3. The van der Waals surface area contributed by atoms with Gasteiger partial charge in [-0.25, -0.2) is 4.98 Å². The topological polar surface area (TPSA) is 54.4 Å². The highest BCUT2D eigenvalue weighted by atomic mass is 35.5. The zero-order valence-electron chi connectivity index (χ0n) is 15.0. The van der Waals surface area contributed by atoms with Crippen molar-refractivity contribution in [3.63, 3.8) is 0 Å². The summed E-state index contributed by atoms with van der Waals surface area (Å²) >= 11 is 6.22. The molecule has 0 aliphatic heterocycles. The summed E-state index contributed by atoms with van der Waals surface area (Å²) in [7, 11) is 0. The molecule has 0 saturated carbocycles. The molecular weight excluding hydrogens is 348 g/mol. The van der Waals surface area contributed by atoms with E-state index in [1.54, 1.807) is 6.92 Å². The zero-order chi connectivity index (χ0) is 18.5. The highest BCUT2D eigenvalue weighted by molar-refractivity contribution is 6.31. The molecule has 0 bridgehead atoms. The van der Waals surface area contributed by atoms with Gasteiger partial charge in [-0.1, -0.05) is 41.4 Å². The minimum absolute atomic E-state index is 0.355. The van der Waals surface area contributed by atoms with Gasteiger partial charge >= 0.3 is 0 Å². The molecule has 0 aliphatic carbocycles. The molecule has 3 rings (SSSR count). The Balaban J connectivity index is 1.87. The summed E-state index contributed by atoms with van der Waals surface area (Å²) in [5, 5.41) is 14.5. The number of fused-ring (bicyclic) bond motifs is 1. The first-order chi connectivity index (χ1) is 12.5. The Morgan fingerprint density at radius 3 is 2.73 bits per heavy atom. The van der Waals surface area contributed by atoms with E-state index < -0.39 is 6.10 Å². The predicted octanol–water partition coefficient (Wildman–Crippen LogP) is 4.25. The molecule has 0 saturated heterocycles. The van der Waals surface area contributed by atoms with Gasteiger partial charge in [0.2, 0.25) is 5.88 Å². The van der Waals surface area contributed by atoms with Gasteiger partial charge in [0.25, 0.3) is 0 Å². The van der Waals surface area contributed by atoms with Crippen LogP contribution in [0.5, 0.6) is 5.88 Å². The lowest BCUT2D eigenvalue weighted by atomic mass is 10.1. The second-order valence-electron chi connectivity index (χ2n) is 6.51. The highest BCUT2D eigenvalue weighted by Crippen LogP contribution is 2.25. The van der Waals surface area contributed by atoms with Crippen LogP contribution in [-0.4, -0.2) is 22.7 Å². The summed E-state index contributed by atoms with van der Waals surface area (Å²) in [5.74, 6) is 0.583. The van der Waals surface area contributed by atoms with Gasteiger partial charge in [0.15, 0.2) is 0 Å². The Morgan fingerprint density at radius 1 is 1.15 bits per heavy atom. The van der Waals surface area contributed by atoms with Crippen molar-refractivity contribution in [1.29, 1.82) is 0 Å².